The van der Waals surface area contributed by atoms with E-state index in [1.807, 2.05) is 0 Å². The molecule has 0 aliphatic rings. The number of nitrogens with two attached hydrogens (primary N) is 1. The number of hydrogen-bond acceptors (Lipinski definition) is 2. The molecule has 0 aliphatic heterocycles. The Hall–Kier alpha value is -1.94. The first kappa shape index (κ1) is 12.5. The molecule has 2 aromatic rings. The smallest absolute Gasteiger partial charge is 0.165 e. The Morgan fingerprint density at radius 2 is 1.78 bits per heavy atom. The summed E-state index contributed by atoms with van der Waals surface area (Å²) in [7, 11) is 1.37. The Morgan fingerprint density at radius 3 is 2.44 bits per heavy atom. The van der Waals surface area contributed by atoms with Crippen molar-refractivity contribution in [1.29, 1.82) is 0 Å². The van der Waals surface area contributed by atoms with Gasteiger partial charge in [-0.2, -0.15) is 0 Å². The fourth-order valence-corrected chi connectivity index (χ4v) is 1.78. The van der Waals surface area contributed by atoms with Crippen LogP contribution in [0.3, 0.4) is 0 Å². The number of benzene rings is 2. The van der Waals surface area contributed by atoms with Crippen LogP contribution in [0.2, 0.25) is 0 Å². The highest BCUT2D eigenvalue weighted by molar-refractivity contribution is 5.37. The third-order valence-corrected chi connectivity index (χ3v) is 2.77. The third-order valence-electron chi connectivity index (χ3n) is 2.77. The molecule has 94 valence electrons. The van der Waals surface area contributed by atoms with Gasteiger partial charge in [0.15, 0.2) is 11.6 Å². The Morgan fingerprint density at radius 1 is 1.06 bits per heavy atom. The van der Waals surface area contributed by atoms with Crippen molar-refractivity contribution in [3.05, 3.63) is 65.2 Å². The molecule has 1 atom stereocenters. The number of rotatable bonds is 3. The van der Waals surface area contributed by atoms with Crippen LogP contribution in [0.1, 0.15) is 17.2 Å². The van der Waals surface area contributed by atoms with Gasteiger partial charge in [-0.25, -0.2) is 8.78 Å². The second kappa shape index (κ2) is 5.14. The summed E-state index contributed by atoms with van der Waals surface area (Å²) in [6, 6.07) is 9.86. The van der Waals surface area contributed by atoms with Gasteiger partial charge in [0.25, 0.3) is 0 Å². The largest absolute Gasteiger partial charge is 0.494 e. The third kappa shape index (κ3) is 2.33. The maximum Gasteiger partial charge on any atom is 0.165 e. The number of hydrogen-bond donors (Lipinski definition) is 1. The molecule has 0 aliphatic carbocycles. The van der Waals surface area contributed by atoms with Gasteiger partial charge in [0, 0.05) is 5.56 Å². The lowest BCUT2D eigenvalue weighted by molar-refractivity contribution is 0.385. The number of ether oxygens (including phenoxy) is 1. The summed E-state index contributed by atoms with van der Waals surface area (Å²) in [5.41, 5.74) is 6.94. The number of halogens is 2. The lowest BCUT2D eigenvalue weighted by Gasteiger charge is -2.14. The van der Waals surface area contributed by atoms with Gasteiger partial charge >= 0.3 is 0 Å². The molecule has 2 nitrogen and oxygen atoms in total. The zero-order chi connectivity index (χ0) is 13.1. The van der Waals surface area contributed by atoms with E-state index in [4.69, 9.17) is 10.5 Å². The summed E-state index contributed by atoms with van der Waals surface area (Å²) in [5.74, 6) is -0.755. The molecular weight excluding hydrogens is 236 g/mol. The Bertz CT molecular complexity index is 557. The van der Waals surface area contributed by atoms with E-state index in [1.54, 1.807) is 18.2 Å². The van der Waals surface area contributed by atoms with Gasteiger partial charge in [0.2, 0.25) is 0 Å². The second-order valence-corrected chi connectivity index (χ2v) is 3.89. The SMILES string of the molecule is COc1cc(C(N)c2ccccc2F)ccc1F. The Balaban J connectivity index is 2.40. The first-order valence-electron chi connectivity index (χ1n) is 5.47. The minimum Gasteiger partial charge on any atom is -0.494 e. The first-order chi connectivity index (χ1) is 8.63. The van der Waals surface area contributed by atoms with Gasteiger partial charge in [-0.05, 0) is 23.8 Å². The molecule has 2 aromatic carbocycles. The molecule has 0 saturated carbocycles. The molecule has 0 amide bonds. The van der Waals surface area contributed by atoms with Crippen LogP contribution in [-0.2, 0) is 0 Å². The summed E-state index contributed by atoms with van der Waals surface area (Å²) in [6.45, 7) is 0. The van der Waals surface area contributed by atoms with Crippen molar-refractivity contribution in [1.82, 2.24) is 0 Å². The Kier molecular flexibility index (Phi) is 3.58. The predicted molar refractivity (Wildman–Crippen MR) is 65.4 cm³/mol. The topological polar surface area (TPSA) is 35.2 Å². The van der Waals surface area contributed by atoms with Gasteiger partial charge < -0.3 is 10.5 Å². The maximum atomic E-state index is 13.6. The summed E-state index contributed by atoms with van der Waals surface area (Å²) in [5, 5.41) is 0. The van der Waals surface area contributed by atoms with Crippen LogP contribution in [0.4, 0.5) is 8.78 Å². The van der Waals surface area contributed by atoms with Crippen molar-refractivity contribution < 1.29 is 13.5 Å². The van der Waals surface area contributed by atoms with E-state index in [0.717, 1.165) is 0 Å². The summed E-state index contributed by atoms with van der Waals surface area (Å²) >= 11 is 0. The zero-order valence-corrected chi connectivity index (χ0v) is 9.86. The van der Waals surface area contributed by atoms with Crippen molar-refractivity contribution in [3.63, 3.8) is 0 Å². The second-order valence-electron chi connectivity index (χ2n) is 3.89. The fraction of sp³-hybridized carbons (Fsp3) is 0.143. The van der Waals surface area contributed by atoms with Crippen LogP contribution in [0.15, 0.2) is 42.5 Å². The van der Waals surface area contributed by atoms with Crippen molar-refractivity contribution >= 4 is 0 Å². The molecular formula is C14H13F2NO. The Labute approximate surface area is 104 Å². The van der Waals surface area contributed by atoms with E-state index in [2.05, 4.69) is 0 Å². The van der Waals surface area contributed by atoms with Crippen LogP contribution in [0.25, 0.3) is 0 Å². The van der Waals surface area contributed by atoms with Crippen molar-refractivity contribution in [2.75, 3.05) is 7.11 Å². The molecule has 2 N–H and O–H groups in total. The molecule has 0 bridgehead atoms. The minimum atomic E-state index is -0.652. The van der Waals surface area contributed by atoms with E-state index >= 15 is 0 Å². The lowest BCUT2D eigenvalue weighted by Crippen LogP contribution is -2.13. The lowest BCUT2D eigenvalue weighted by atomic mass is 9.99. The molecule has 0 spiro atoms. The fourth-order valence-electron chi connectivity index (χ4n) is 1.78. The average molecular weight is 249 g/mol. The summed E-state index contributed by atoms with van der Waals surface area (Å²) in [6.07, 6.45) is 0. The quantitative estimate of drug-likeness (QED) is 0.907. The zero-order valence-electron chi connectivity index (χ0n) is 9.86. The molecule has 2 rings (SSSR count). The van der Waals surface area contributed by atoms with E-state index in [-0.39, 0.29) is 11.6 Å². The van der Waals surface area contributed by atoms with Gasteiger partial charge in [-0.3, -0.25) is 0 Å². The monoisotopic (exact) mass is 249 g/mol. The first-order valence-corrected chi connectivity index (χ1v) is 5.47. The van der Waals surface area contributed by atoms with Gasteiger partial charge in [0.1, 0.15) is 5.82 Å². The van der Waals surface area contributed by atoms with Crippen molar-refractivity contribution in [2.45, 2.75) is 6.04 Å². The minimum absolute atomic E-state index is 0.0966. The molecule has 0 saturated heterocycles. The normalized spacial score (nSPS) is 12.2. The predicted octanol–water partition coefficient (Wildman–Crippen LogP) is 3.02. The highest BCUT2D eigenvalue weighted by Crippen LogP contribution is 2.26. The summed E-state index contributed by atoms with van der Waals surface area (Å²) in [4.78, 5) is 0. The van der Waals surface area contributed by atoms with E-state index < -0.39 is 11.9 Å². The van der Waals surface area contributed by atoms with Crippen LogP contribution >= 0.6 is 0 Å². The number of methoxy groups -OCH3 is 1. The van der Waals surface area contributed by atoms with E-state index in [9.17, 15) is 8.78 Å². The van der Waals surface area contributed by atoms with E-state index in [1.165, 1.54) is 31.4 Å². The van der Waals surface area contributed by atoms with Crippen molar-refractivity contribution in [3.8, 4) is 5.75 Å². The maximum absolute atomic E-state index is 13.6. The molecule has 0 radical (unpaired) electrons. The van der Waals surface area contributed by atoms with Gasteiger partial charge in [0.05, 0.1) is 13.2 Å². The van der Waals surface area contributed by atoms with Crippen LogP contribution in [0.5, 0.6) is 5.75 Å². The van der Waals surface area contributed by atoms with Crippen LogP contribution in [-0.4, -0.2) is 7.11 Å². The molecule has 0 fully saturated rings. The molecule has 0 heterocycles. The van der Waals surface area contributed by atoms with E-state index in [0.29, 0.717) is 11.1 Å². The van der Waals surface area contributed by atoms with Gasteiger partial charge in [-0.15, -0.1) is 0 Å². The molecule has 4 heteroatoms. The van der Waals surface area contributed by atoms with Crippen molar-refractivity contribution in [2.24, 2.45) is 5.73 Å². The molecule has 18 heavy (non-hydrogen) atoms. The van der Waals surface area contributed by atoms with Gasteiger partial charge in [-0.1, -0.05) is 24.3 Å². The highest BCUT2D eigenvalue weighted by Gasteiger charge is 2.15. The highest BCUT2D eigenvalue weighted by atomic mass is 19.1. The molecule has 0 aromatic heterocycles. The standard InChI is InChI=1S/C14H13F2NO/c1-18-13-8-9(6-7-12(13)16)14(17)10-4-2-3-5-11(10)15/h2-8,14H,17H2,1H3. The molecule has 1 unspecified atom stereocenters. The van der Waals surface area contributed by atoms with Crippen LogP contribution in [0, 0.1) is 11.6 Å². The average Bonchev–Trinajstić information content (AvgIpc) is 2.39. The summed E-state index contributed by atoms with van der Waals surface area (Å²) < 4.78 is 31.8. The van der Waals surface area contributed by atoms with Crippen LogP contribution < -0.4 is 10.5 Å².